The maximum absolute atomic E-state index is 11.4. The molecule has 0 unspecified atom stereocenters. The van der Waals surface area contributed by atoms with Crippen molar-refractivity contribution in [1.82, 2.24) is 5.43 Å². The molecule has 0 aliphatic rings. The molecule has 7 heteroatoms. The topological polar surface area (TPSA) is 58.5 Å². The molecule has 4 nitrogen and oxygen atoms in total. The number of halogens is 3. The molecule has 68 valence electrons. The first kappa shape index (κ1) is 10.6. The minimum atomic E-state index is -4.94. The first-order valence-corrected chi connectivity index (χ1v) is 2.75. The summed E-state index contributed by atoms with van der Waals surface area (Å²) in [6, 6.07) is 0. The lowest BCUT2D eigenvalue weighted by Crippen LogP contribution is -2.25. The van der Waals surface area contributed by atoms with Crippen molar-refractivity contribution in [2.45, 2.75) is 13.1 Å². The molecule has 0 radical (unpaired) electrons. The summed E-state index contributed by atoms with van der Waals surface area (Å²) in [6.07, 6.45) is -4.94. The molecule has 0 aromatic carbocycles. The maximum atomic E-state index is 11.4. The number of carbonyl (C=O) groups is 2. The second kappa shape index (κ2) is 3.84. The monoisotopic (exact) mass is 182 g/mol. The van der Waals surface area contributed by atoms with Gasteiger partial charge in [-0.15, -0.1) is 0 Å². The molecule has 0 spiro atoms. The standard InChI is InChI=1S/C5H5F3N2O2/c1-3(11)10-9-2-4(12)5(6,7)8/h2H,1H3,(H,10,11)/b9-2+. The van der Waals surface area contributed by atoms with E-state index in [2.05, 4.69) is 5.10 Å². The molecule has 1 N–H and O–H groups in total. The molecule has 0 atom stereocenters. The average molecular weight is 182 g/mol. The highest BCUT2D eigenvalue weighted by atomic mass is 19.4. The minimum Gasteiger partial charge on any atom is -0.283 e. The number of hydrazone groups is 1. The van der Waals surface area contributed by atoms with Gasteiger partial charge in [-0.2, -0.15) is 18.3 Å². The summed E-state index contributed by atoms with van der Waals surface area (Å²) in [5.41, 5.74) is 1.66. The highest BCUT2D eigenvalue weighted by molar-refractivity contribution is 6.30. The highest BCUT2D eigenvalue weighted by Gasteiger charge is 2.36. The van der Waals surface area contributed by atoms with Crippen LogP contribution < -0.4 is 5.43 Å². The zero-order chi connectivity index (χ0) is 9.78. The second-order valence-corrected chi connectivity index (χ2v) is 1.79. The molecule has 1 amide bonds. The van der Waals surface area contributed by atoms with Crippen LogP contribution in [0.15, 0.2) is 5.10 Å². The lowest BCUT2D eigenvalue weighted by atomic mass is 10.4. The summed E-state index contributed by atoms with van der Waals surface area (Å²) in [6.45, 7) is 1.05. The molecular formula is C5H5F3N2O2. The predicted molar refractivity (Wildman–Crippen MR) is 33.4 cm³/mol. The molecule has 0 bridgehead atoms. The van der Waals surface area contributed by atoms with E-state index in [0.29, 0.717) is 0 Å². The second-order valence-electron chi connectivity index (χ2n) is 1.79. The Morgan fingerprint density at radius 3 is 2.25 bits per heavy atom. The number of nitrogens with zero attached hydrogens (tertiary/aromatic N) is 1. The summed E-state index contributed by atoms with van der Waals surface area (Å²) in [5.74, 6) is -2.77. The summed E-state index contributed by atoms with van der Waals surface area (Å²) < 4.78 is 34.3. The Hall–Kier alpha value is -1.40. The van der Waals surface area contributed by atoms with E-state index in [4.69, 9.17) is 0 Å². The number of nitrogens with one attached hydrogen (secondary N) is 1. The molecule has 0 saturated carbocycles. The van der Waals surface area contributed by atoms with E-state index < -0.39 is 17.9 Å². The summed E-state index contributed by atoms with van der Waals surface area (Å²) >= 11 is 0. The smallest absolute Gasteiger partial charge is 0.283 e. The Morgan fingerprint density at radius 2 is 1.92 bits per heavy atom. The predicted octanol–water partition coefficient (Wildman–Crippen LogP) is 0.240. The van der Waals surface area contributed by atoms with Gasteiger partial charge in [0.1, 0.15) is 0 Å². The summed E-state index contributed by atoms with van der Waals surface area (Å²) in [7, 11) is 0. The van der Waals surface area contributed by atoms with Crippen molar-refractivity contribution in [3.8, 4) is 0 Å². The normalized spacial score (nSPS) is 11.7. The number of alkyl halides is 3. The molecule has 12 heavy (non-hydrogen) atoms. The Morgan fingerprint density at radius 1 is 1.42 bits per heavy atom. The van der Waals surface area contributed by atoms with E-state index in [9.17, 15) is 22.8 Å². The summed E-state index contributed by atoms with van der Waals surface area (Å²) in [5, 5.41) is 2.74. The van der Waals surface area contributed by atoms with Gasteiger partial charge in [-0.25, -0.2) is 5.43 Å². The molecule has 0 saturated heterocycles. The Balaban J connectivity index is 4.02. The third kappa shape index (κ3) is 4.42. The lowest BCUT2D eigenvalue weighted by Gasteiger charge is -1.98. The van der Waals surface area contributed by atoms with E-state index in [1.165, 1.54) is 0 Å². The number of Topliss-reactive ketones (excluding diaryl/α,β-unsaturated/α-hetero) is 1. The SMILES string of the molecule is CC(=O)N/N=C/C(=O)C(F)(F)F. The molecule has 0 fully saturated rings. The molecule has 0 rings (SSSR count). The first-order valence-electron chi connectivity index (χ1n) is 2.75. The number of rotatable bonds is 2. The van der Waals surface area contributed by atoms with Crippen LogP contribution in [0.2, 0.25) is 0 Å². The number of hydrogen-bond acceptors (Lipinski definition) is 3. The fraction of sp³-hybridized carbons (Fsp3) is 0.400. The van der Waals surface area contributed by atoms with Crippen LogP contribution in [-0.4, -0.2) is 24.1 Å². The Kier molecular flexibility index (Phi) is 3.39. The van der Waals surface area contributed by atoms with Gasteiger partial charge in [0, 0.05) is 6.92 Å². The quantitative estimate of drug-likeness (QED) is 0.491. The molecule has 0 aromatic heterocycles. The molecule has 0 aliphatic carbocycles. The fourth-order valence-corrected chi connectivity index (χ4v) is 0.255. The molecule has 0 aromatic rings. The van der Waals surface area contributed by atoms with Gasteiger partial charge in [0.15, 0.2) is 0 Å². The number of amides is 1. The largest absolute Gasteiger partial charge is 0.455 e. The third-order valence-electron chi connectivity index (χ3n) is 0.683. The van der Waals surface area contributed by atoms with E-state index in [1.807, 2.05) is 0 Å². The first-order chi connectivity index (χ1) is 5.34. The number of carbonyl (C=O) groups excluding carboxylic acids is 2. The van der Waals surface area contributed by atoms with Gasteiger partial charge >= 0.3 is 6.18 Å². The van der Waals surface area contributed by atoms with E-state index in [1.54, 1.807) is 5.43 Å². The van der Waals surface area contributed by atoms with Crippen LogP contribution in [0.4, 0.5) is 13.2 Å². The van der Waals surface area contributed by atoms with E-state index in [-0.39, 0.29) is 6.21 Å². The van der Waals surface area contributed by atoms with Crippen molar-refractivity contribution in [3.63, 3.8) is 0 Å². The third-order valence-corrected chi connectivity index (χ3v) is 0.683. The molecular weight excluding hydrogens is 177 g/mol. The maximum Gasteiger partial charge on any atom is 0.455 e. The van der Waals surface area contributed by atoms with Crippen LogP contribution >= 0.6 is 0 Å². The van der Waals surface area contributed by atoms with Crippen LogP contribution in [-0.2, 0) is 9.59 Å². The van der Waals surface area contributed by atoms with Crippen LogP contribution in [0.25, 0.3) is 0 Å². The van der Waals surface area contributed by atoms with Crippen molar-refractivity contribution < 1.29 is 22.8 Å². The van der Waals surface area contributed by atoms with Gasteiger partial charge in [-0.1, -0.05) is 0 Å². The van der Waals surface area contributed by atoms with Crippen molar-refractivity contribution in [3.05, 3.63) is 0 Å². The van der Waals surface area contributed by atoms with Crippen LogP contribution in [0, 0.1) is 0 Å². The number of ketones is 1. The van der Waals surface area contributed by atoms with Crippen molar-refractivity contribution >= 4 is 17.9 Å². The van der Waals surface area contributed by atoms with Gasteiger partial charge in [-0.05, 0) is 0 Å². The van der Waals surface area contributed by atoms with Crippen LogP contribution in [0.5, 0.6) is 0 Å². The fourth-order valence-electron chi connectivity index (χ4n) is 0.255. The average Bonchev–Trinajstić information content (AvgIpc) is 1.84. The van der Waals surface area contributed by atoms with Crippen molar-refractivity contribution in [1.29, 1.82) is 0 Å². The van der Waals surface area contributed by atoms with Gasteiger partial charge in [0.2, 0.25) is 5.91 Å². The van der Waals surface area contributed by atoms with Gasteiger partial charge < -0.3 is 0 Å². The lowest BCUT2D eigenvalue weighted by molar-refractivity contribution is -0.162. The van der Waals surface area contributed by atoms with Gasteiger partial charge in [0.05, 0.1) is 6.21 Å². The zero-order valence-corrected chi connectivity index (χ0v) is 5.97. The summed E-state index contributed by atoms with van der Waals surface area (Å²) in [4.78, 5) is 20.1. The van der Waals surface area contributed by atoms with Crippen molar-refractivity contribution in [2.75, 3.05) is 0 Å². The van der Waals surface area contributed by atoms with Crippen LogP contribution in [0.3, 0.4) is 0 Å². The molecule has 0 heterocycles. The Labute approximate surface area is 65.4 Å². The van der Waals surface area contributed by atoms with Gasteiger partial charge in [0.25, 0.3) is 5.78 Å². The minimum absolute atomic E-state index is 0.00139. The molecule has 0 aliphatic heterocycles. The Bertz CT molecular complexity index is 221. The highest BCUT2D eigenvalue weighted by Crippen LogP contribution is 2.14. The number of hydrogen-bond donors (Lipinski definition) is 1. The van der Waals surface area contributed by atoms with E-state index in [0.717, 1.165) is 6.92 Å². The van der Waals surface area contributed by atoms with E-state index >= 15 is 0 Å². The zero-order valence-electron chi connectivity index (χ0n) is 5.97. The van der Waals surface area contributed by atoms with Crippen LogP contribution in [0.1, 0.15) is 6.92 Å². The van der Waals surface area contributed by atoms with Crippen molar-refractivity contribution in [2.24, 2.45) is 5.10 Å². The van der Waals surface area contributed by atoms with Gasteiger partial charge in [-0.3, -0.25) is 9.59 Å².